The zero-order valence-electron chi connectivity index (χ0n) is 22.6. The number of hydrogen-bond donors (Lipinski definition) is 1. The summed E-state index contributed by atoms with van der Waals surface area (Å²) in [6.07, 6.45) is -5.10. The van der Waals surface area contributed by atoms with Crippen LogP contribution >= 0.6 is 0 Å². The van der Waals surface area contributed by atoms with Crippen LogP contribution in [0.1, 0.15) is 36.0 Å². The van der Waals surface area contributed by atoms with Gasteiger partial charge < -0.3 is 14.6 Å². The molecule has 1 fully saturated rings. The van der Waals surface area contributed by atoms with Crippen LogP contribution in [0.4, 0.5) is 18.9 Å². The molecule has 2 aliphatic rings. The number of alkyl halides is 3. The lowest BCUT2D eigenvalue weighted by molar-refractivity contribution is -0.157. The van der Waals surface area contributed by atoms with E-state index in [0.29, 0.717) is 11.6 Å². The predicted molar refractivity (Wildman–Crippen MR) is 146 cm³/mol. The fourth-order valence-electron chi connectivity index (χ4n) is 5.63. The second kappa shape index (κ2) is 10.7. The van der Waals surface area contributed by atoms with Gasteiger partial charge in [-0.1, -0.05) is 41.5 Å². The van der Waals surface area contributed by atoms with Crippen molar-refractivity contribution < 1.29 is 41.0 Å². The second-order valence-electron chi connectivity index (χ2n) is 10.8. The molecular weight excluding hydrogens is 559 g/mol. The van der Waals surface area contributed by atoms with Gasteiger partial charge in [-0.2, -0.15) is 13.2 Å². The molecule has 7 nitrogen and oxygen atoms in total. The van der Waals surface area contributed by atoms with Crippen molar-refractivity contribution in [2.75, 3.05) is 24.1 Å². The van der Waals surface area contributed by atoms with E-state index in [4.69, 9.17) is 9.47 Å². The van der Waals surface area contributed by atoms with Gasteiger partial charge in [0.05, 0.1) is 28.1 Å². The number of benzene rings is 3. The Labute approximate surface area is 236 Å². The molecule has 2 aliphatic heterocycles. The number of sulfonamides is 1. The van der Waals surface area contributed by atoms with Crippen molar-refractivity contribution in [2.45, 2.75) is 50.3 Å². The molecule has 0 aliphatic carbocycles. The van der Waals surface area contributed by atoms with Crippen molar-refractivity contribution in [3.05, 3.63) is 77.4 Å². The van der Waals surface area contributed by atoms with E-state index in [-0.39, 0.29) is 50.5 Å². The quantitative estimate of drug-likeness (QED) is 0.367. The number of hydrogen-bond acceptors (Lipinski definition) is 5. The molecule has 0 aromatic heterocycles. The van der Waals surface area contributed by atoms with Crippen molar-refractivity contribution in [1.29, 1.82) is 0 Å². The molecule has 1 saturated heterocycles. The van der Waals surface area contributed by atoms with Crippen LogP contribution in [0.25, 0.3) is 11.1 Å². The number of aliphatic carboxylic acids is 1. The van der Waals surface area contributed by atoms with E-state index < -0.39 is 44.1 Å². The first kappa shape index (κ1) is 28.9. The van der Waals surface area contributed by atoms with Gasteiger partial charge in [-0.25, -0.2) is 8.42 Å². The number of fused-ring (bicyclic) bond motifs is 1. The van der Waals surface area contributed by atoms with E-state index in [9.17, 15) is 31.5 Å². The monoisotopic (exact) mass is 589 g/mol. The molecule has 41 heavy (non-hydrogen) atoms. The summed E-state index contributed by atoms with van der Waals surface area (Å²) >= 11 is 0. The number of carboxylic acid groups (broad SMARTS) is 1. The molecule has 5 rings (SSSR count). The summed E-state index contributed by atoms with van der Waals surface area (Å²) in [6, 6.07) is 14.6. The molecule has 1 atom stereocenters. The molecule has 0 amide bonds. The summed E-state index contributed by atoms with van der Waals surface area (Å²) in [5.41, 5.74) is 1.48. The molecule has 0 unspecified atom stereocenters. The van der Waals surface area contributed by atoms with Gasteiger partial charge in [0.1, 0.15) is 11.9 Å². The molecule has 2 heterocycles. The van der Waals surface area contributed by atoms with Gasteiger partial charge in [0.2, 0.25) is 0 Å². The van der Waals surface area contributed by atoms with Crippen LogP contribution < -0.4 is 9.04 Å². The summed E-state index contributed by atoms with van der Waals surface area (Å²) in [5, 5.41) is 10.1. The third-order valence-corrected chi connectivity index (χ3v) is 9.49. The van der Waals surface area contributed by atoms with Crippen molar-refractivity contribution in [3.8, 4) is 16.9 Å². The third kappa shape index (κ3) is 5.78. The van der Waals surface area contributed by atoms with Gasteiger partial charge in [-0.3, -0.25) is 9.10 Å². The Morgan fingerprint density at radius 2 is 1.68 bits per heavy atom. The third-order valence-electron chi connectivity index (χ3n) is 7.72. The Balaban J connectivity index is 1.61. The van der Waals surface area contributed by atoms with E-state index in [1.54, 1.807) is 18.2 Å². The van der Waals surface area contributed by atoms with Crippen LogP contribution in [0.15, 0.2) is 65.6 Å². The Kier molecular flexibility index (Phi) is 7.54. The average molecular weight is 590 g/mol. The standard InChI is InChI=1S/C30H30F3NO6S/c1-19-12-20(2)14-22(13-19)21-6-7-27-26(15-21)34(41(37,38)25-5-3-4-23(16-25)30(31,32)33)18-24(40-27)17-29(28(35)36)8-10-39-11-9-29/h3-7,12-16,24H,8-11,17-18H2,1-2H3,(H,35,36)/t24-/m0/s1. The molecule has 3 aromatic rings. The highest BCUT2D eigenvalue weighted by molar-refractivity contribution is 7.92. The molecule has 0 spiro atoms. The summed E-state index contributed by atoms with van der Waals surface area (Å²) in [6.45, 7) is 4.13. The number of nitrogens with zero attached hydrogens (tertiary/aromatic N) is 1. The largest absolute Gasteiger partial charge is 0.486 e. The Bertz CT molecular complexity index is 1560. The maximum Gasteiger partial charge on any atom is 0.416 e. The fraction of sp³-hybridized carbons (Fsp3) is 0.367. The fourth-order valence-corrected chi connectivity index (χ4v) is 7.18. The summed E-state index contributed by atoms with van der Waals surface area (Å²) in [5.74, 6) is -0.815. The zero-order chi connectivity index (χ0) is 29.6. The SMILES string of the molecule is Cc1cc(C)cc(-c2ccc3c(c2)N(S(=O)(=O)c2cccc(C(F)(F)F)c2)C[C@H](CC2(C(=O)O)CCOCC2)O3)c1. The van der Waals surface area contributed by atoms with Gasteiger partial charge in [0.25, 0.3) is 10.0 Å². The molecule has 0 bridgehead atoms. The molecule has 1 N–H and O–H groups in total. The highest BCUT2D eigenvalue weighted by Gasteiger charge is 2.45. The maximum atomic E-state index is 14.0. The number of rotatable bonds is 6. The topological polar surface area (TPSA) is 93.1 Å². The molecule has 0 radical (unpaired) electrons. The van der Waals surface area contributed by atoms with Crippen LogP contribution in [0.3, 0.4) is 0 Å². The highest BCUT2D eigenvalue weighted by atomic mass is 32.2. The van der Waals surface area contributed by atoms with Crippen LogP contribution in [-0.4, -0.2) is 45.4 Å². The van der Waals surface area contributed by atoms with Crippen molar-refractivity contribution in [3.63, 3.8) is 0 Å². The van der Waals surface area contributed by atoms with Crippen LogP contribution in [0.2, 0.25) is 0 Å². The van der Waals surface area contributed by atoms with Gasteiger partial charge >= 0.3 is 12.1 Å². The zero-order valence-corrected chi connectivity index (χ0v) is 23.4. The minimum Gasteiger partial charge on any atom is -0.486 e. The van der Waals surface area contributed by atoms with Crippen LogP contribution in [0, 0.1) is 19.3 Å². The van der Waals surface area contributed by atoms with Gasteiger partial charge in [0.15, 0.2) is 0 Å². The molecule has 11 heteroatoms. The highest BCUT2D eigenvalue weighted by Crippen LogP contribution is 2.44. The van der Waals surface area contributed by atoms with Crippen molar-refractivity contribution in [1.82, 2.24) is 0 Å². The van der Waals surface area contributed by atoms with E-state index in [2.05, 4.69) is 0 Å². The van der Waals surface area contributed by atoms with E-state index in [0.717, 1.165) is 39.2 Å². The molecule has 0 saturated carbocycles. The van der Waals surface area contributed by atoms with Crippen LogP contribution in [-0.2, 0) is 25.7 Å². The Morgan fingerprint density at radius 1 is 1.00 bits per heavy atom. The lowest BCUT2D eigenvalue weighted by atomic mass is 9.75. The van der Waals surface area contributed by atoms with E-state index >= 15 is 0 Å². The number of ether oxygens (including phenoxy) is 2. The Hall–Kier alpha value is -3.57. The van der Waals surface area contributed by atoms with Gasteiger partial charge in [0, 0.05) is 19.6 Å². The first-order valence-electron chi connectivity index (χ1n) is 13.2. The lowest BCUT2D eigenvalue weighted by Crippen LogP contribution is -2.48. The summed E-state index contributed by atoms with van der Waals surface area (Å²) in [7, 11) is -4.51. The summed E-state index contributed by atoms with van der Waals surface area (Å²) < 4.78 is 81.1. The van der Waals surface area contributed by atoms with Gasteiger partial charge in [-0.15, -0.1) is 0 Å². The predicted octanol–water partition coefficient (Wildman–Crippen LogP) is 6.22. The number of anilines is 1. The lowest BCUT2D eigenvalue weighted by Gasteiger charge is -2.40. The minimum absolute atomic E-state index is 0.0125. The van der Waals surface area contributed by atoms with E-state index in [1.807, 2.05) is 32.0 Å². The molecular formula is C30H30F3NO6S. The Morgan fingerprint density at radius 3 is 2.32 bits per heavy atom. The number of carbonyl (C=O) groups is 1. The van der Waals surface area contributed by atoms with E-state index in [1.165, 1.54) is 0 Å². The minimum atomic E-state index is -4.73. The number of halogens is 3. The maximum absolute atomic E-state index is 14.0. The first-order valence-corrected chi connectivity index (χ1v) is 14.6. The second-order valence-corrected chi connectivity index (χ2v) is 12.6. The molecule has 218 valence electrons. The average Bonchev–Trinajstić information content (AvgIpc) is 2.92. The van der Waals surface area contributed by atoms with Gasteiger partial charge in [-0.05, 0) is 68.1 Å². The number of aryl methyl sites for hydroxylation is 2. The first-order chi connectivity index (χ1) is 19.3. The van der Waals surface area contributed by atoms with Crippen LogP contribution in [0.5, 0.6) is 5.75 Å². The molecule has 3 aromatic carbocycles. The smallest absolute Gasteiger partial charge is 0.416 e. The number of carboxylic acids is 1. The van der Waals surface area contributed by atoms with Crippen molar-refractivity contribution >= 4 is 21.7 Å². The summed E-state index contributed by atoms with van der Waals surface area (Å²) in [4.78, 5) is 11.8. The normalized spacial score (nSPS) is 18.9. The van der Waals surface area contributed by atoms with Crippen molar-refractivity contribution in [2.24, 2.45) is 5.41 Å².